The summed E-state index contributed by atoms with van der Waals surface area (Å²) in [5.74, 6) is -0.337. The molecule has 114 valence electrons. The summed E-state index contributed by atoms with van der Waals surface area (Å²) in [5.41, 5.74) is 0.382. The van der Waals surface area contributed by atoms with E-state index >= 15 is 0 Å². The number of nitrogens with one attached hydrogen (secondary N) is 2. The zero-order chi connectivity index (χ0) is 15.5. The molecule has 0 aliphatic carbocycles. The standard InChI is InChI=1S/C12H15N3O5S/c16-12-6-3-10(7-13-12)14-21(19,20)8-9-1-4-11(5-2-9)15(17)18/h1-2,4-5,10,14H,3,6-8H2,(H,13,16). The molecule has 1 aromatic rings. The summed E-state index contributed by atoms with van der Waals surface area (Å²) in [6, 6.07) is 5.06. The molecule has 1 aliphatic rings. The molecule has 9 heteroatoms. The maximum atomic E-state index is 12.0. The Morgan fingerprint density at radius 1 is 1.33 bits per heavy atom. The third-order valence-corrected chi connectivity index (χ3v) is 4.52. The molecular formula is C12H15N3O5S. The van der Waals surface area contributed by atoms with E-state index < -0.39 is 14.9 Å². The SMILES string of the molecule is O=C1CCC(NS(=O)(=O)Cc2ccc([N+](=O)[O-])cc2)CN1. The van der Waals surface area contributed by atoms with Crippen LogP contribution in [0.2, 0.25) is 0 Å². The molecule has 1 heterocycles. The third-order valence-electron chi connectivity index (χ3n) is 3.12. The quantitative estimate of drug-likeness (QED) is 0.598. The van der Waals surface area contributed by atoms with Crippen molar-refractivity contribution < 1.29 is 18.1 Å². The van der Waals surface area contributed by atoms with E-state index in [-0.39, 0.29) is 29.9 Å². The maximum Gasteiger partial charge on any atom is 0.269 e. The van der Waals surface area contributed by atoms with Crippen LogP contribution in [0.5, 0.6) is 0 Å². The number of carbonyl (C=O) groups is 1. The molecule has 1 atom stereocenters. The molecule has 1 saturated heterocycles. The van der Waals surface area contributed by atoms with Gasteiger partial charge in [0.1, 0.15) is 0 Å². The fourth-order valence-corrected chi connectivity index (χ4v) is 3.49. The summed E-state index contributed by atoms with van der Waals surface area (Å²) in [7, 11) is -3.56. The molecule has 0 spiro atoms. The number of hydrogen-bond donors (Lipinski definition) is 2. The van der Waals surface area contributed by atoms with Crippen molar-refractivity contribution in [3.8, 4) is 0 Å². The van der Waals surface area contributed by atoms with Crippen molar-refractivity contribution in [1.29, 1.82) is 0 Å². The molecule has 2 rings (SSSR count). The van der Waals surface area contributed by atoms with Crippen LogP contribution in [-0.2, 0) is 20.6 Å². The van der Waals surface area contributed by atoms with Gasteiger partial charge in [-0.3, -0.25) is 14.9 Å². The van der Waals surface area contributed by atoms with Gasteiger partial charge >= 0.3 is 0 Å². The van der Waals surface area contributed by atoms with Crippen LogP contribution >= 0.6 is 0 Å². The lowest BCUT2D eigenvalue weighted by Gasteiger charge is -2.23. The fraction of sp³-hybridized carbons (Fsp3) is 0.417. The monoisotopic (exact) mass is 313 g/mol. The zero-order valence-corrected chi connectivity index (χ0v) is 11.9. The van der Waals surface area contributed by atoms with E-state index in [1.54, 1.807) is 0 Å². The molecule has 21 heavy (non-hydrogen) atoms. The van der Waals surface area contributed by atoms with Gasteiger partial charge in [-0.15, -0.1) is 0 Å². The molecule has 2 N–H and O–H groups in total. The van der Waals surface area contributed by atoms with Gasteiger partial charge < -0.3 is 5.32 Å². The van der Waals surface area contributed by atoms with Crippen molar-refractivity contribution >= 4 is 21.6 Å². The van der Waals surface area contributed by atoms with E-state index in [0.29, 0.717) is 18.4 Å². The number of nitro groups is 1. The molecule has 0 aromatic heterocycles. The van der Waals surface area contributed by atoms with Gasteiger partial charge in [-0.1, -0.05) is 12.1 Å². The van der Waals surface area contributed by atoms with E-state index in [2.05, 4.69) is 10.0 Å². The van der Waals surface area contributed by atoms with E-state index in [0.717, 1.165) is 0 Å². The summed E-state index contributed by atoms with van der Waals surface area (Å²) in [6.45, 7) is 0.276. The van der Waals surface area contributed by atoms with Crippen LogP contribution < -0.4 is 10.0 Å². The van der Waals surface area contributed by atoms with Crippen LogP contribution in [0.3, 0.4) is 0 Å². The molecular weight excluding hydrogens is 298 g/mol. The first-order valence-corrected chi connectivity index (χ1v) is 8.01. The minimum atomic E-state index is -3.56. The number of non-ortho nitro benzene ring substituents is 1. The smallest absolute Gasteiger partial charge is 0.269 e. The van der Waals surface area contributed by atoms with E-state index in [4.69, 9.17) is 0 Å². The average Bonchev–Trinajstić information content (AvgIpc) is 2.41. The summed E-state index contributed by atoms with van der Waals surface area (Å²) in [6.07, 6.45) is 0.760. The Bertz CT molecular complexity index is 631. The van der Waals surface area contributed by atoms with Crippen molar-refractivity contribution in [3.63, 3.8) is 0 Å². The van der Waals surface area contributed by atoms with Crippen LogP contribution in [0.4, 0.5) is 5.69 Å². The lowest BCUT2D eigenvalue weighted by molar-refractivity contribution is -0.384. The Balaban J connectivity index is 1.97. The van der Waals surface area contributed by atoms with E-state index in [1.807, 2.05) is 0 Å². The van der Waals surface area contributed by atoms with Gasteiger partial charge in [-0.25, -0.2) is 13.1 Å². The second-order valence-electron chi connectivity index (χ2n) is 4.84. The van der Waals surface area contributed by atoms with Crippen LogP contribution in [0.15, 0.2) is 24.3 Å². The highest BCUT2D eigenvalue weighted by molar-refractivity contribution is 7.88. The highest BCUT2D eigenvalue weighted by Crippen LogP contribution is 2.14. The van der Waals surface area contributed by atoms with Gasteiger partial charge in [0.2, 0.25) is 15.9 Å². The van der Waals surface area contributed by atoms with Crippen LogP contribution in [-0.4, -0.2) is 31.8 Å². The van der Waals surface area contributed by atoms with Crippen molar-refractivity contribution in [3.05, 3.63) is 39.9 Å². The van der Waals surface area contributed by atoms with Crippen LogP contribution in [0.1, 0.15) is 18.4 Å². The molecule has 1 unspecified atom stereocenters. The first-order chi connectivity index (χ1) is 9.85. The van der Waals surface area contributed by atoms with Gasteiger partial charge in [0.05, 0.1) is 10.7 Å². The molecule has 1 fully saturated rings. The summed E-state index contributed by atoms with van der Waals surface area (Å²) < 4.78 is 26.5. The van der Waals surface area contributed by atoms with Crippen molar-refractivity contribution in [2.24, 2.45) is 0 Å². The Hall–Kier alpha value is -2.00. The number of rotatable bonds is 5. The van der Waals surface area contributed by atoms with E-state index in [9.17, 15) is 23.3 Å². The van der Waals surface area contributed by atoms with Crippen LogP contribution in [0, 0.1) is 10.1 Å². The molecule has 1 amide bonds. The number of benzene rings is 1. The molecule has 1 aromatic carbocycles. The normalized spacial score (nSPS) is 19.0. The second kappa shape index (κ2) is 6.19. The van der Waals surface area contributed by atoms with Gasteiger partial charge in [0.25, 0.3) is 5.69 Å². The highest BCUT2D eigenvalue weighted by Gasteiger charge is 2.23. The Kier molecular flexibility index (Phi) is 4.53. The lowest BCUT2D eigenvalue weighted by atomic mass is 10.1. The van der Waals surface area contributed by atoms with Crippen molar-refractivity contribution in [2.75, 3.05) is 6.54 Å². The summed E-state index contributed by atoms with van der Waals surface area (Å²) >= 11 is 0. The third kappa shape index (κ3) is 4.50. The van der Waals surface area contributed by atoms with Crippen molar-refractivity contribution in [1.82, 2.24) is 10.0 Å². The van der Waals surface area contributed by atoms with Gasteiger partial charge in [-0.05, 0) is 12.0 Å². The number of sulfonamides is 1. The van der Waals surface area contributed by atoms with Crippen molar-refractivity contribution in [2.45, 2.75) is 24.6 Å². The Morgan fingerprint density at radius 2 is 2.00 bits per heavy atom. The second-order valence-corrected chi connectivity index (χ2v) is 6.59. The Labute approximate surface area is 121 Å². The Morgan fingerprint density at radius 3 is 2.52 bits per heavy atom. The number of piperidine rings is 1. The van der Waals surface area contributed by atoms with Gasteiger partial charge in [-0.2, -0.15) is 0 Å². The minimum absolute atomic E-state index is 0.0826. The zero-order valence-electron chi connectivity index (χ0n) is 11.1. The van der Waals surface area contributed by atoms with Gasteiger partial charge in [0, 0.05) is 31.1 Å². The molecule has 0 saturated carbocycles. The molecule has 0 bridgehead atoms. The minimum Gasteiger partial charge on any atom is -0.355 e. The van der Waals surface area contributed by atoms with Crippen LogP contribution in [0.25, 0.3) is 0 Å². The predicted octanol–water partition coefficient (Wildman–Crippen LogP) is 0.293. The fourth-order valence-electron chi connectivity index (χ4n) is 2.06. The first-order valence-electron chi connectivity index (χ1n) is 6.36. The number of hydrogen-bond acceptors (Lipinski definition) is 5. The summed E-state index contributed by atoms with van der Waals surface area (Å²) in [5, 5.41) is 13.1. The molecule has 1 aliphatic heterocycles. The largest absolute Gasteiger partial charge is 0.355 e. The average molecular weight is 313 g/mol. The van der Waals surface area contributed by atoms with Gasteiger partial charge in [0.15, 0.2) is 0 Å². The number of nitrogens with zero attached hydrogens (tertiary/aromatic N) is 1. The lowest BCUT2D eigenvalue weighted by Crippen LogP contribution is -2.47. The summed E-state index contributed by atoms with van der Waals surface area (Å²) in [4.78, 5) is 21.0. The number of amides is 1. The number of nitro benzene ring substituents is 1. The highest BCUT2D eigenvalue weighted by atomic mass is 32.2. The first kappa shape index (κ1) is 15.4. The number of carbonyl (C=O) groups excluding carboxylic acids is 1. The molecule has 0 radical (unpaired) electrons. The topological polar surface area (TPSA) is 118 Å². The van der Waals surface area contributed by atoms with E-state index in [1.165, 1.54) is 24.3 Å². The predicted molar refractivity (Wildman–Crippen MR) is 74.9 cm³/mol. The molecule has 8 nitrogen and oxygen atoms in total. The maximum absolute atomic E-state index is 12.0.